The average Bonchev–Trinajstić information content (AvgIpc) is 2.08. The highest BCUT2D eigenvalue weighted by atomic mass is 35.5. The van der Waals surface area contributed by atoms with Crippen molar-refractivity contribution in [2.45, 2.75) is 50.8 Å². The third-order valence-electron chi connectivity index (χ3n) is 3.08. The third kappa shape index (κ3) is 4.70. The Kier molecular flexibility index (Phi) is 6.14. The van der Waals surface area contributed by atoms with Gasteiger partial charge in [0.15, 0.2) is 9.84 Å². The SMILES string of the molecule is CC(C)S(=O)(=O)CC1CCC(N)CC1.Cl. The molecule has 92 valence electrons. The van der Waals surface area contributed by atoms with Gasteiger partial charge in [-0.25, -0.2) is 8.42 Å². The smallest absolute Gasteiger partial charge is 0.152 e. The van der Waals surface area contributed by atoms with Crippen LogP contribution in [-0.4, -0.2) is 25.5 Å². The summed E-state index contributed by atoms with van der Waals surface area (Å²) in [6, 6.07) is 0.299. The van der Waals surface area contributed by atoms with E-state index in [-0.39, 0.29) is 17.7 Å². The van der Waals surface area contributed by atoms with Gasteiger partial charge < -0.3 is 5.73 Å². The van der Waals surface area contributed by atoms with Crippen LogP contribution in [0.5, 0.6) is 0 Å². The van der Waals surface area contributed by atoms with Gasteiger partial charge in [0.1, 0.15) is 0 Å². The first kappa shape index (κ1) is 15.2. The highest BCUT2D eigenvalue weighted by molar-refractivity contribution is 7.91. The second-order valence-corrected chi connectivity index (χ2v) is 7.26. The molecule has 0 aliphatic heterocycles. The van der Waals surface area contributed by atoms with Gasteiger partial charge >= 0.3 is 0 Å². The maximum absolute atomic E-state index is 11.6. The number of rotatable bonds is 3. The fraction of sp³-hybridized carbons (Fsp3) is 1.00. The summed E-state index contributed by atoms with van der Waals surface area (Å²) in [7, 11) is -2.86. The summed E-state index contributed by atoms with van der Waals surface area (Å²) < 4.78 is 23.3. The van der Waals surface area contributed by atoms with Crippen molar-refractivity contribution in [3.8, 4) is 0 Å². The molecule has 1 rings (SSSR count). The molecule has 0 spiro atoms. The molecule has 0 atom stereocenters. The Morgan fingerprint density at radius 2 is 1.67 bits per heavy atom. The standard InChI is InChI=1S/C10H21NO2S.ClH/c1-8(2)14(12,13)7-9-3-5-10(11)6-4-9;/h8-10H,3-7,11H2,1-2H3;1H. The van der Waals surface area contributed by atoms with Crippen LogP contribution in [0, 0.1) is 5.92 Å². The first-order chi connectivity index (χ1) is 6.42. The molecule has 0 aromatic rings. The van der Waals surface area contributed by atoms with Crippen LogP contribution < -0.4 is 5.73 Å². The maximum Gasteiger partial charge on any atom is 0.152 e. The Morgan fingerprint density at radius 1 is 1.20 bits per heavy atom. The van der Waals surface area contributed by atoms with Crippen molar-refractivity contribution in [3.63, 3.8) is 0 Å². The van der Waals surface area contributed by atoms with Crippen molar-refractivity contribution < 1.29 is 8.42 Å². The lowest BCUT2D eigenvalue weighted by Gasteiger charge is -2.26. The van der Waals surface area contributed by atoms with Crippen molar-refractivity contribution in [2.24, 2.45) is 11.7 Å². The molecule has 0 amide bonds. The first-order valence-corrected chi connectivity index (χ1v) is 7.10. The molecule has 0 bridgehead atoms. The molecule has 0 aromatic heterocycles. The van der Waals surface area contributed by atoms with Gasteiger partial charge in [-0.3, -0.25) is 0 Å². The van der Waals surface area contributed by atoms with Crippen LogP contribution in [0.3, 0.4) is 0 Å². The first-order valence-electron chi connectivity index (χ1n) is 5.39. The molecule has 3 nitrogen and oxygen atoms in total. The number of sulfone groups is 1. The van der Waals surface area contributed by atoms with Crippen LogP contribution in [0.1, 0.15) is 39.5 Å². The highest BCUT2D eigenvalue weighted by Crippen LogP contribution is 2.25. The van der Waals surface area contributed by atoms with Crippen LogP contribution in [0.15, 0.2) is 0 Å². The van der Waals surface area contributed by atoms with Crippen LogP contribution in [0.4, 0.5) is 0 Å². The predicted octanol–water partition coefficient (Wildman–Crippen LogP) is 1.75. The molecule has 0 aromatic carbocycles. The summed E-state index contributed by atoms with van der Waals surface area (Å²) in [4.78, 5) is 0. The van der Waals surface area contributed by atoms with E-state index < -0.39 is 9.84 Å². The van der Waals surface area contributed by atoms with Crippen LogP contribution in [0.2, 0.25) is 0 Å². The fourth-order valence-corrected chi connectivity index (χ4v) is 3.25. The Morgan fingerprint density at radius 3 is 2.07 bits per heavy atom. The van der Waals surface area contributed by atoms with Crippen molar-refractivity contribution in [3.05, 3.63) is 0 Å². The summed E-state index contributed by atoms with van der Waals surface area (Å²) in [6.45, 7) is 3.51. The zero-order valence-electron chi connectivity index (χ0n) is 9.48. The molecular formula is C10H22ClNO2S. The van der Waals surface area contributed by atoms with Crippen LogP contribution in [-0.2, 0) is 9.84 Å². The number of hydrogen-bond donors (Lipinski definition) is 1. The largest absolute Gasteiger partial charge is 0.328 e. The third-order valence-corrected chi connectivity index (χ3v) is 5.45. The maximum atomic E-state index is 11.6. The lowest BCUT2D eigenvalue weighted by molar-refractivity contribution is 0.348. The monoisotopic (exact) mass is 255 g/mol. The van der Waals surface area contributed by atoms with E-state index in [1.807, 2.05) is 0 Å². The number of hydrogen-bond acceptors (Lipinski definition) is 3. The van der Waals surface area contributed by atoms with Crippen LogP contribution in [0.25, 0.3) is 0 Å². The normalized spacial score (nSPS) is 27.5. The zero-order chi connectivity index (χ0) is 10.8. The highest BCUT2D eigenvalue weighted by Gasteiger charge is 2.25. The lowest BCUT2D eigenvalue weighted by atomic mass is 9.88. The molecule has 1 aliphatic carbocycles. The van der Waals surface area contributed by atoms with E-state index in [4.69, 9.17) is 5.73 Å². The number of halogens is 1. The van der Waals surface area contributed by atoms with E-state index in [2.05, 4.69) is 0 Å². The van der Waals surface area contributed by atoms with E-state index in [9.17, 15) is 8.42 Å². The molecule has 1 fully saturated rings. The molecule has 0 radical (unpaired) electrons. The molecule has 5 heteroatoms. The lowest BCUT2D eigenvalue weighted by Crippen LogP contribution is -2.31. The Hall–Kier alpha value is 0.200. The molecule has 1 aliphatic rings. The molecule has 0 unspecified atom stereocenters. The van der Waals surface area contributed by atoms with E-state index in [0.717, 1.165) is 25.7 Å². The molecular weight excluding hydrogens is 234 g/mol. The molecule has 2 N–H and O–H groups in total. The Labute approximate surface area is 99.1 Å². The molecule has 1 saturated carbocycles. The van der Waals surface area contributed by atoms with Gasteiger partial charge in [-0.1, -0.05) is 0 Å². The fourth-order valence-electron chi connectivity index (χ4n) is 1.88. The van der Waals surface area contributed by atoms with E-state index in [1.54, 1.807) is 13.8 Å². The van der Waals surface area contributed by atoms with Gasteiger partial charge in [0.05, 0.1) is 11.0 Å². The van der Waals surface area contributed by atoms with Crippen molar-refractivity contribution in [1.29, 1.82) is 0 Å². The summed E-state index contributed by atoms with van der Waals surface area (Å²) in [5.41, 5.74) is 5.77. The van der Waals surface area contributed by atoms with Gasteiger partial charge in [0.25, 0.3) is 0 Å². The summed E-state index contributed by atoms with van der Waals surface area (Å²) in [5.74, 6) is 0.708. The molecule has 0 saturated heterocycles. The summed E-state index contributed by atoms with van der Waals surface area (Å²) in [5, 5.41) is -0.238. The molecule has 15 heavy (non-hydrogen) atoms. The summed E-state index contributed by atoms with van der Waals surface area (Å²) in [6.07, 6.45) is 3.93. The topological polar surface area (TPSA) is 60.2 Å². The van der Waals surface area contributed by atoms with Gasteiger partial charge in [-0.15, -0.1) is 12.4 Å². The van der Waals surface area contributed by atoms with E-state index in [0.29, 0.717) is 17.7 Å². The quantitative estimate of drug-likeness (QED) is 0.836. The van der Waals surface area contributed by atoms with Crippen molar-refractivity contribution >= 4 is 22.2 Å². The van der Waals surface area contributed by atoms with Gasteiger partial charge in [0, 0.05) is 6.04 Å². The van der Waals surface area contributed by atoms with Gasteiger partial charge in [0.2, 0.25) is 0 Å². The van der Waals surface area contributed by atoms with E-state index >= 15 is 0 Å². The summed E-state index contributed by atoms with van der Waals surface area (Å²) >= 11 is 0. The van der Waals surface area contributed by atoms with Gasteiger partial charge in [-0.05, 0) is 45.4 Å². The van der Waals surface area contributed by atoms with Crippen LogP contribution >= 0.6 is 12.4 Å². The second kappa shape index (κ2) is 6.06. The van der Waals surface area contributed by atoms with E-state index in [1.165, 1.54) is 0 Å². The second-order valence-electron chi connectivity index (χ2n) is 4.66. The average molecular weight is 256 g/mol. The van der Waals surface area contributed by atoms with Crippen molar-refractivity contribution in [1.82, 2.24) is 0 Å². The number of nitrogens with two attached hydrogens (primary N) is 1. The minimum Gasteiger partial charge on any atom is -0.328 e. The Balaban J connectivity index is 0.00000196. The zero-order valence-corrected chi connectivity index (χ0v) is 11.1. The predicted molar refractivity (Wildman–Crippen MR) is 66.1 cm³/mol. The van der Waals surface area contributed by atoms with Crippen molar-refractivity contribution in [2.75, 3.05) is 5.75 Å². The van der Waals surface area contributed by atoms with Gasteiger partial charge in [-0.2, -0.15) is 0 Å². The molecule has 0 heterocycles. The minimum atomic E-state index is -2.86. The minimum absolute atomic E-state index is 0. The Bertz CT molecular complexity index is 269.